The number of fused-ring (bicyclic) bond motifs is 2. The van der Waals surface area contributed by atoms with Gasteiger partial charge < -0.3 is 64.3 Å². The molecule has 8 N–H and O–H groups in total. The minimum atomic E-state index is -4.43. The molecule has 3 aromatic heterocycles. The molecule has 102 heavy (non-hydrogen) atoms. The van der Waals surface area contributed by atoms with Crippen LogP contribution in [-0.4, -0.2) is 205 Å². The summed E-state index contributed by atoms with van der Waals surface area (Å²) in [5.41, 5.74) is 3.86. The van der Waals surface area contributed by atoms with E-state index < -0.39 is 94.2 Å². The van der Waals surface area contributed by atoms with Gasteiger partial charge in [0.15, 0.2) is 10.8 Å². The molecule has 544 valence electrons. The number of para-hydroxylation sites is 1. The average molecular weight is 1450 g/mol. The monoisotopic (exact) mass is 1450 g/mol. The van der Waals surface area contributed by atoms with Gasteiger partial charge in [0.2, 0.25) is 5.91 Å². The molecule has 29 nitrogen and oxygen atoms in total. The summed E-state index contributed by atoms with van der Waals surface area (Å²) in [6, 6.07) is 21.2. The van der Waals surface area contributed by atoms with E-state index in [9.17, 15) is 72.1 Å². The van der Waals surface area contributed by atoms with Crippen LogP contribution in [0.3, 0.4) is 0 Å². The lowest BCUT2D eigenvalue weighted by Crippen LogP contribution is -2.64. The Hall–Kier alpha value is -8.95. The van der Waals surface area contributed by atoms with E-state index in [1.807, 2.05) is 59.0 Å². The van der Waals surface area contributed by atoms with Crippen molar-refractivity contribution in [3.8, 4) is 22.6 Å². The second-order valence-electron chi connectivity index (χ2n) is 28.4. The maximum Gasteiger partial charge on any atom is 0.410 e. The van der Waals surface area contributed by atoms with Crippen molar-refractivity contribution in [1.82, 2.24) is 34.9 Å². The lowest BCUT2D eigenvalue weighted by molar-refractivity contribution is -0.248. The zero-order valence-corrected chi connectivity index (χ0v) is 58.3. The van der Waals surface area contributed by atoms with Crippen LogP contribution in [0.5, 0.6) is 11.5 Å². The Morgan fingerprint density at radius 1 is 0.824 bits per heavy atom. The number of thiazole rings is 1. The number of imide groups is 1. The Kier molecular flexibility index (Phi) is 21.3. The Bertz CT molecular complexity index is 4300. The number of aliphatic carboxylic acids is 1. The van der Waals surface area contributed by atoms with Crippen LogP contribution >= 0.6 is 11.3 Å². The van der Waals surface area contributed by atoms with Crippen LogP contribution in [0.25, 0.3) is 21.3 Å². The molecule has 0 radical (unpaired) electrons. The molecule has 5 fully saturated rings. The highest BCUT2D eigenvalue weighted by molar-refractivity contribution is 7.85. The lowest BCUT2D eigenvalue weighted by atomic mass is 9.39. The summed E-state index contributed by atoms with van der Waals surface area (Å²) in [6.07, 6.45) is 1.37. The first kappa shape index (κ1) is 72.8. The molecule has 5 aliphatic carbocycles. The Labute approximate surface area is 591 Å². The van der Waals surface area contributed by atoms with Crippen LogP contribution in [0, 0.1) is 29.1 Å². The first-order valence-electron chi connectivity index (χ1n) is 33.9. The third kappa shape index (κ3) is 16.4. The van der Waals surface area contributed by atoms with Crippen molar-refractivity contribution < 1.29 is 95.7 Å². The minimum absolute atomic E-state index is 0.0267. The first-order chi connectivity index (χ1) is 48.6. The predicted octanol–water partition coefficient (Wildman–Crippen LogP) is 6.19. The SMILES string of the molecule is Cc1c(-c2ccc(N3CCc4cccc(C(=O)Nc5nc6ccccc6s5)c4C3)nc2C(=O)O)cnn1CC12CC3(C)CC(C)(C1)CC(OCCN(CCCS(=O)(=O)O)C(=O)OCc1ccc(O[C@@H]4C[C@H](C(=O)O)[C@@H](O)[C@H](O)[C@H]4O)cc1OCCOCCNC(=O)CCN1C(=O)C=CC1=O)(C3)C2. The van der Waals surface area contributed by atoms with Gasteiger partial charge in [-0.15, -0.1) is 0 Å². The van der Waals surface area contributed by atoms with Gasteiger partial charge in [-0.05, 0) is 128 Å². The van der Waals surface area contributed by atoms with Crippen LogP contribution in [-0.2, 0) is 69.6 Å². The number of aromatic carboxylic acids is 1. The molecule has 7 atom stereocenters. The number of benzene rings is 3. The molecule has 5 saturated carbocycles. The van der Waals surface area contributed by atoms with Gasteiger partial charge in [-0.3, -0.25) is 43.4 Å². The molecule has 2 aliphatic heterocycles. The largest absolute Gasteiger partial charge is 0.491 e. The van der Waals surface area contributed by atoms with E-state index in [1.165, 1.54) is 34.4 Å². The summed E-state index contributed by atoms with van der Waals surface area (Å²) >= 11 is 1.39. The highest BCUT2D eigenvalue weighted by Crippen LogP contribution is 2.72. The molecular formula is C71H83N9O20S2. The van der Waals surface area contributed by atoms with E-state index in [4.69, 9.17) is 33.8 Å². The van der Waals surface area contributed by atoms with Crippen molar-refractivity contribution in [3.63, 3.8) is 0 Å². The van der Waals surface area contributed by atoms with E-state index in [0.717, 1.165) is 76.2 Å². The van der Waals surface area contributed by atoms with Crippen LogP contribution in [0.15, 0.2) is 91.1 Å². The van der Waals surface area contributed by atoms with Crippen LogP contribution < -0.4 is 25.0 Å². The topological polar surface area (TPSA) is 399 Å². The molecule has 6 aromatic rings. The fourth-order valence-corrected chi connectivity index (χ4v) is 18.2. The second-order valence-corrected chi connectivity index (χ2v) is 31.0. The quantitative estimate of drug-likeness (QED) is 0.0141. The van der Waals surface area contributed by atoms with Crippen molar-refractivity contribution in [2.45, 2.75) is 135 Å². The highest BCUT2D eigenvalue weighted by atomic mass is 32.2. The van der Waals surface area contributed by atoms with E-state index >= 15 is 0 Å². The zero-order valence-electron chi connectivity index (χ0n) is 56.7. The number of rotatable bonds is 30. The van der Waals surface area contributed by atoms with Crippen molar-refractivity contribution in [2.75, 3.05) is 75.1 Å². The highest BCUT2D eigenvalue weighted by Gasteiger charge is 2.66. The third-order valence-corrected chi connectivity index (χ3v) is 22.1. The second kappa shape index (κ2) is 29.8. The number of carboxylic acid groups (broad SMARTS) is 2. The number of amides is 5. The number of aliphatic hydroxyl groups excluding tert-OH is 3. The lowest BCUT2D eigenvalue weighted by Gasteiger charge is -2.69. The number of carbonyl (C=O) groups excluding carboxylic acids is 5. The van der Waals surface area contributed by atoms with E-state index in [1.54, 1.807) is 18.3 Å². The standard InChI is InChI=1S/C71H83N9O20S2/c1-42-49(46-14-15-55(75-59(46)65(90)91)78-22-18-43-8-6-9-47(50(43)33-78)63(87)76-66-74-51-10-4-5-11-54(51)101-66)32-73-80(42)41-70-36-68(2)35-69(3,37-70)39-71(38-68,40-70)99-26-24-77(21-7-29-102(93,94)95)67(92)98-34-44-12-13-45(100-53-31-48(64(88)89)60(84)62(86)61(53)85)30-52(44)97-28-27-96-25-20-72-56(81)19-23-79-57(82)16-17-58(79)83/h4-6,8-17,30,32,48,53,60-62,84-86H,7,18-29,31,33-41H2,1-3H3,(H,72,81)(H,88,89)(H,90,91)(H,74,76,87)(H,93,94,95)/t48-,53+,60+,61-,62-,68?,69?,70?,71?/m0/s1. The van der Waals surface area contributed by atoms with Gasteiger partial charge in [-0.25, -0.2) is 19.6 Å². The average Bonchev–Trinajstić information content (AvgIpc) is 0.707. The summed E-state index contributed by atoms with van der Waals surface area (Å²) in [5.74, 6) is -5.84. The van der Waals surface area contributed by atoms with Crippen LogP contribution in [0.4, 0.5) is 15.7 Å². The van der Waals surface area contributed by atoms with Gasteiger partial charge in [0.1, 0.15) is 48.8 Å². The number of pyridine rings is 1. The summed E-state index contributed by atoms with van der Waals surface area (Å²) in [4.78, 5) is 103. The first-order valence-corrected chi connectivity index (χ1v) is 36.4. The summed E-state index contributed by atoms with van der Waals surface area (Å²) in [5, 5.41) is 63.3. The molecule has 0 spiro atoms. The summed E-state index contributed by atoms with van der Waals surface area (Å²) in [7, 11) is -4.43. The maximum atomic E-state index is 14.3. The molecule has 0 saturated heterocycles. The van der Waals surface area contributed by atoms with Gasteiger partial charge in [0.25, 0.3) is 27.8 Å². The normalized spacial score (nSPS) is 25.0. The van der Waals surface area contributed by atoms with Gasteiger partial charge in [0.05, 0.1) is 59.6 Å². The molecule has 31 heteroatoms. The molecule has 4 bridgehead atoms. The predicted molar refractivity (Wildman–Crippen MR) is 368 cm³/mol. The number of ether oxygens (including phenoxy) is 5. The molecule has 2 unspecified atom stereocenters. The van der Waals surface area contributed by atoms with Gasteiger partial charge in [0, 0.05) is 105 Å². The number of carbonyl (C=O) groups is 7. The van der Waals surface area contributed by atoms with Gasteiger partial charge >= 0.3 is 18.0 Å². The summed E-state index contributed by atoms with van der Waals surface area (Å²) in [6.45, 7) is 7.21. The van der Waals surface area contributed by atoms with Crippen molar-refractivity contribution in [3.05, 3.63) is 125 Å². The van der Waals surface area contributed by atoms with Crippen molar-refractivity contribution in [2.24, 2.45) is 22.2 Å². The van der Waals surface area contributed by atoms with E-state index in [2.05, 4.69) is 29.5 Å². The number of anilines is 2. The third-order valence-electron chi connectivity index (χ3n) is 20.3. The molecule has 13 rings (SSSR count). The molecule has 3 aromatic carbocycles. The number of nitrogens with zero attached hydrogens (tertiary/aromatic N) is 7. The smallest absolute Gasteiger partial charge is 0.410 e. The number of aliphatic hydroxyl groups is 3. The zero-order chi connectivity index (χ0) is 72.5. The van der Waals surface area contributed by atoms with E-state index in [-0.39, 0.29) is 111 Å². The van der Waals surface area contributed by atoms with Crippen LogP contribution in [0.1, 0.15) is 115 Å². The number of nitrogens with one attached hydrogen (secondary N) is 2. The van der Waals surface area contributed by atoms with Gasteiger partial charge in [-0.2, -0.15) is 13.5 Å². The Morgan fingerprint density at radius 2 is 1.59 bits per heavy atom. The molecule has 5 heterocycles. The number of aromatic nitrogens is 4. The van der Waals surface area contributed by atoms with Crippen molar-refractivity contribution >= 4 is 84.3 Å². The number of hydrogen-bond acceptors (Lipinski definition) is 22. The maximum absolute atomic E-state index is 14.3. The van der Waals surface area contributed by atoms with E-state index in [0.29, 0.717) is 65.7 Å². The number of carboxylic acids is 2. The molecular weight excluding hydrogens is 1360 g/mol. The molecule has 7 aliphatic rings. The summed E-state index contributed by atoms with van der Waals surface area (Å²) < 4.78 is 67.3. The van der Waals surface area contributed by atoms with Crippen molar-refractivity contribution in [1.29, 1.82) is 0 Å². The fraction of sp³-hybridized carbons (Fsp3) is 0.493. The minimum Gasteiger partial charge on any atom is -0.491 e. The van der Waals surface area contributed by atoms with Gasteiger partial charge in [-0.1, -0.05) is 49.4 Å². The Balaban J connectivity index is 0.701. The molecule has 5 amide bonds. The Morgan fingerprint density at radius 3 is 2.32 bits per heavy atom. The fourth-order valence-electron chi connectivity index (χ4n) is 16.9. The van der Waals surface area contributed by atoms with Crippen LogP contribution in [0.2, 0.25) is 0 Å². The number of hydrogen-bond donors (Lipinski definition) is 8.